The van der Waals surface area contributed by atoms with Gasteiger partial charge in [0.15, 0.2) is 5.82 Å². The van der Waals surface area contributed by atoms with Gasteiger partial charge in [-0.15, -0.1) is 11.3 Å². The number of nitrogens with zero attached hydrogens (tertiary/aromatic N) is 4. The van der Waals surface area contributed by atoms with Gasteiger partial charge in [-0.2, -0.15) is 4.98 Å². The minimum absolute atomic E-state index is 0.0939. The molecule has 3 aromatic heterocycles. The zero-order valence-electron chi connectivity index (χ0n) is 13.3. The minimum atomic E-state index is -0.237. The topological polar surface area (TPSA) is 83.0 Å². The Balaban J connectivity index is 1.87. The Morgan fingerprint density at radius 3 is 3.00 bits per heavy atom. The predicted octanol–water partition coefficient (Wildman–Crippen LogP) is 2.55. The lowest BCUT2D eigenvalue weighted by Crippen LogP contribution is -2.20. The summed E-state index contributed by atoms with van der Waals surface area (Å²) in [5.74, 6) is 0.841. The van der Waals surface area contributed by atoms with E-state index in [-0.39, 0.29) is 18.2 Å². The van der Waals surface area contributed by atoms with Crippen LogP contribution in [0.3, 0.4) is 0 Å². The van der Waals surface area contributed by atoms with Gasteiger partial charge in [-0.1, -0.05) is 12.1 Å². The van der Waals surface area contributed by atoms with E-state index in [0.717, 1.165) is 16.1 Å². The lowest BCUT2D eigenvalue weighted by Gasteiger charge is -2.04. The quantitative estimate of drug-likeness (QED) is 0.689. The molecule has 0 amide bonds. The van der Waals surface area contributed by atoms with Crippen molar-refractivity contribution >= 4 is 21.6 Å². The highest BCUT2D eigenvalue weighted by atomic mass is 32.1. The van der Waals surface area contributed by atoms with E-state index in [1.54, 1.807) is 11.3 Å². The van der Waals surface area contributed by atoms with Gasteiger partial charge in [-0.3, -0.25) is 9.36 Å². The molecule has 0 aliphatic heterocycles. The van der Waals surface area contributed by atoms with Crippen LogP contribution in [0.5, 0.6) is 0 Å². The number of rotatable bonds is 6. The number of thiophene rings is 1. The Hall–Kier alpha value is -2.06. The third-order valence-electron chi connectivity index (χ3n) is 3.49. The van der Waals surface area contributed by atoms with Crippen LogP contribution in [-0.2, 0) is 17.7 Å². The summed E-state index contributed by atoms with van der Waals surface area (Å²) in [5.41, 5.74) is -0.0939. The van der Waals surface area contributed by atoms with Crippen LogP contribution >= 0.6 is 11.3 Å². The molecule has 0 aliphatic rings. The smallest absolute Gasteiger partial charge is 0.262 e. The maximum atomic E-state index is 12.5. The highest BCUT2D eigenvalue weighted by Crippen LogP contribution is 2.21. The van der Waals surface area contributed by atoms with Crippen molar-refractivity contribution in [1.29, 1.82) is 0 Å². The van der Waals surface area contributed by atoms with Gasteiger partial charge in [-0.05, 0) is 26.3 Å². The van der Waals surface area contributed by atoms with Gasteiger partial charge in [0.2, 0.25) is 5.89 Å². The summed E-state index contributed by atoms with van der Waals surface area (Å²) in [6.45, 7) is 6.59. The summed E-state index contributed by atoms with van der Waals surface area (Å²) in [4.78, 5) is 23.1. The number of ether oxygens (including phenoxy) is 1. The molecule has 3 rings (SSSR count). The van der Waals surface area contributed by atoms with Gasteiger partial charge in [-0.25, -0.2) is 4.98 Å². The van der Waals surface area contributed by atoms with E-state index in [1.807, 2.05) is 19.9 Å². The first-order chi connectivity index (χ1) is 11.1. The number of hydrogen-bond donors (Lipinski definition) is 0. The van der Waals surface area contributed by atoms with Crippen LogP contribution in [0, 0.1) is 0 Å². The maximum absolute atomic E-state index is 12.5. The fraction of sp³-hybridized carbons (Fsp3) is 0.467. The Morgan fingerprint density at radius 1 is 1.43 bits per heavy atom. The molecular formula is C15H18N4O3S. The van der Waals surface area contributed by atoms with Gasteiger partial charge in [0, 0.05) is 11.5 Å². The molecule has 0 unspecified atom stereocenters. The normalized spacial score (nSPS) is 12.8. The number of fused-ring (bicyclic) bond motifs is 1. The molecule has 3 heterocycles. The fourth-order valence-corrected chi connectivity index (χ4v) is 3.19. The molecule has 23 heavy (non-hydrogen) atoms. The molecule has 0 radical (unpaired) electrons. The largest absolute Gasteiger partial charge is 0.371 e. The summed E-state index contributed by atoms with van der Waals surface area (Å²) >= 11 is 1.55. The predicted molar refractivity (Wildman–Crippen MR) is 86.7 cm³/mol. The van der Waals surface area contributed by atoms with Gasteiger partial charge in [0.05, 0.1) is 11.7 Å². The summed E-state index contributed by atoms with van der Waals surface area (Å²) in [6.07, 6.45) is 2.18. The van der Waals surface area contributed by atoms with Crippen molar-refractivity contribution in [2.45, 2.75) is 39.8 Å². The van der Waals surface area contributed by atoms with Crippen LogP contribution in [0.25, 0.3) is 10.2 Å². The molecule has 0 N–H and O–H groups in total. The van der Waals surface area contributed by atoms with Crippen molar-refractivity contribution < 1.29 is 9.26 Å². The van der Waals surface area contributed by atoms with Gasteiger partial charge in [0.1, 0.15) is 17.5 Å². The highest BCUT2D eigenvalue weighted by molar-refractivity contribution is 7.18. The molecule has 0 saturated heterocycles. The molecule has 0 fully saturated rings. The lowest BCUT2D eigenvalue weighted by atomic mass is 10.3. The Labute approximate surface area is 136 Å². The van der Waals surface area contributed by atoms with Gasteiger partial charge >= 0.3 is 0 Å². The van der Waals surface area contributed by atoms with Crippen LogP contribution in [0.1, 0.15) is 43.5 Å². The van der Waals surface area contributed by atoms with E-state index in [4.69, 9.17) is 9.26 Å². The minimum Gasteiger partial charge on any atom is -0.371 e. The molecule has 0 bridgehead atoms. The molecular weight excluding hydrogens is 316 g/mol. The third-order valence-corrected chi connectivity index (χ3v) is 4.67. The van der Waals surface area contributed by atoms with E-state index in [9.17, 15) is 4.79 Å². The molecule has 7 nitrogen and oxygen atoms in total. The third kappa shape index (κ3) is 3.18. The van der Waals surface area contributed by atoms with Crippen molar-refractivity contribution in [1.82, 2.24) is 19.7 Å². The summed E-state index contributed by atoms with van der Waals surface area (Å²) < 4.78 is 12.1. The van der Waals surface area contributed by atoms with Crippen LogP contribution in [0.2, 0.25) is 0 Å². The van der Waals surface area contributed by atoms with E-state index in [2.05, 4.69) is 22.0 Å². The van der Waals surface area contributed by atoms with Crippen molar-refractivity contribution in [3.63, 3.8) is 0 Å². The van der Waals surface area contributed by atoms with E-state index in [1.165, 1.54) is 10.9 Å². The standard InChI is InChI=1S/C15H18N4O3S/c1-4-10-6-11-14(23-10)16-8-19(15(11)20)7-12-17-13(18-22-12)9(3)21-5-2/h6,8-9H,4-5,7H2,1-3H3/t9-/m1/s1. The zero-order chi connectivity index (χ0) is 16.4. The SMILES string of the molecule is CCO[C@H](C)c1noc(Cn2cnc3sc(CC)cc3c2=O)n1. The summed E-state index contributed by atoms with van der Waals surface area (Å²) in [6, 6.07) is 1.90. The average molecular weight is 334 g/mol. The zero-order valence-corrected chi connectivity index (χ0v) is 14.1. The van der Waals surface area contributed by atoms with Crippen LogP contribution in [0.15, 0.2) is 21.7 Å². The Kier molecular flexibility index (Phi) is 4.53. The van der Waals surface area contributed by atoms with Crippen LogP contribution < -0.4 is 5.56 Å². The van der Waals surface area contributed by atoms with Gasteiger partial charge in [0.25, 0.3) is 5.56 Å². The first kappa shape index (κ1) is 15.8. The Bertz CT molecular complexity index is 867. The molecule has 0 saturated carbocycles. The van der Waals surface area contributed by atoms with Crippen molar-refractivity contribution in [2.24, 2.45) is 0 Å². The first-order valence-corrected chi connectivity index (χ1v) is 8.36. The number of hydrogen-bond acceptors (Lipinski definition) is 7. The lowest BCUT2D eigenvalue weighted by molar-refractivity contribution is 0.0683. The monoisotopic (exact) mass is 334 g/mol. The molecule has 0 aliphatic carbocycles. The van der Waals surface area contributed by atoms with Gasteiger partial charge < -0.3 is 9.26 Å². The van der Waals surface area contributed by atoms with Crippen molar-refractivity contribution in [3.05, 3.63) is 39.3 Å². The second-order valence-electron chi connectivity index (χ2n) is 5.11. The summed E-state index contributed by atoms with van der Waals surface area (Å²) in [7, 11) is 0. The summed E-state index contributed by atoms with van der Waals surface area (Å²) in [5, 5.41) is 4.53. The second-order valence-corrected chi connectivity index (χ2v) is 6.22. The maximum Gasteiger partial charge on any atom is 0.262 e. The molecule has 3 aromatic rings. The Morgan fingerprint density at radius 2 is 2.26 bits per heavy atom. The average Bonchev–Trinajstić information content (AvgIpc) is 3.17. The van der Waals surface area contributed by atoms with E-state index in [0.29, 0.717) is 23.7 Å². The van der Waals surface area contributed by atoms with E-state index < -0.39 is 0 Å². The van der Waals surface area contributed by atoms with Crippen LogP contribution in [0.4, 0.5) is 0 Å². The first-order valence-electron chi connectivity index (χ1n) is 7.54. The highest BCUT2D eigenvalue weighted by Gasteiger charge is 2.15. The number of aromatic nitrogens is 4. The number of aryl methyl sites for hydroxylation is 1. The molecule has 0 aromatic carbocycles. The second kappa shape index (κ2) is 6.59. The van der Waals surface area contributed by atoms with Crippen molar-refractivity contribution in [3.8, 4) is 0 Å². The van der Waals surface area contributed by atoms with E-state index >= 15 is 0 Å². The molecule has 1 atom stereocenters. The molecule has 0 spiro atoms. The fourth-order valence-electron chi connectivity index (χ4n) is 2.26. The molecule has 122 valence electrons. The van der Waals surface area contributed by atoms with Crippen LogP contribution in [-0.4, -0.2) is 26.3 Å². The van der Waals surface area contributed by atoms with Crippen molar-refractivity contribution in [2.75, 3.05) is 6.61 Å². The molecule has 8 heteroatoms.